The first-order chi connectivity index (χ1) is 5.95. The first-order valence-electron chi connectivity index (χ1n) is 3.52. The number of hydrogen-bond donors (Lipinski definition) is 5. The van der Waals surface area contributed by atoms with E-state index in [9.17, 15) is 9.59 Å². The predicted octanol–water partition coefficient (Wildman–Crippen LogP) is -3.35. The number of carboxylic acid groups (broad SMARTS) is 1. The van der Waals surface area contributed by atoms with Crippen molar-refractivity contribution in [3.05, 3.63) is 0 Å². The van der Waals surface area contributed by atoms with Gasteiger partial charge in [-0.2, -0.15) is 0 Å². The van der Waals surface area contributed by atoms with Crippen LogP contribution in [0.4, 0.5) is 0 Å². The SMILES string of the molecule is O=C1N[C@@H](C(=O)O)[C@@H](O)[C@H](O)[C@@H]1O. The highest BCUT2D eigenvalue weighted by atomic mass is 16.4. The number of carbonyl (C=O) groups excluding carboxylic acids is 1. The molecule has 1 heterocycles. The van der Waals surface area contributed by atoms with E-state index in [-0.39, 0.29) is 0 Å². The Morgan fingerprint density at radius 1 is 1.23 bits per heavy atom. The molecule has 0 bridgehead atoms. The van der Waals surface area contributed by atoms with Crippen LogP contribution in [-0.4, -0.2) is 56.7 Å². The van der Waals surface area contributed by atoms with E-state index in [1.54, 1.807) is 0 Å². The zero-order valence-electron chi connectivity index (χ0n) is 6.41. The van der Waals surface area contributed by atoms with Crippen LogP contribution in [0, 0.1) is 0 Å². The second-order valence-electron chi connectivity index (χ2n) is 2.75. The Hall–Kier alpha value is -1.18. The molecule has 0 aliphatic carbocycles. The minimum Gasteiger partial charge on any atom is -0.480 e. The maximum absolute atomic E-state index is 10.8. The average molecular weight is 191 g/mol. The molecule has 7 heteroatoms. The first-order valence-corrected chi connectivity index (χ1v) is 3.52. The van der Waals surface area contributed by atoms with Crippen LogP contribution in [0.25, 0.3) is 0 Å². The van der Waals surface area contributed by atoms with Crippen LogP contribution in [0.3, 0.4) is 0 Å². The van der Waals surface area contributed by atoms with Crippen LogP contribution in [0.15, 0.2) is 0 Å². The summed E-state index contributed by atoms with van der Waals surface area (Å²) in [5.41, 5.74) is 0. The Bertz CT molecular complexity index is 241. The summed E-state index contributed by atoms with van der Waals surface area (Å²) >= 11 is 0. The van der Waals surface area contributed by atoms with E-state index < -0.39 is 36.2 Å². The van der Waals surface area contributed by atoms with E-state index in [2.05, 4.69) is 0 Å². The van der Waals surface area contributed by atoms with Gasteiger partial charge in [0.25, 0.3) is 5.91 Å². The molecule has 0 saturated carbocycles. The van der Waals surface area contributed by atoms with Gasteiger partial charge in [-0.05, 0) is 0 Å². The van der Waals surface area contributed by atoms with E-state index in [1.807, 2.05) is 5.32 Å². The summed E-state index contributed by atoms with van der Waals surface area (Å²) in [5, 5.41) is 37.3. The summed E-state index contributed by atoms with van der Waals surface area (Å²) in [5.74, 6) is -2.47. The quantitative estimate of drug-likeness (QED) is 0.295. The van der Waals surface area contributed by atoms with Gasteiger partial charge >= 0.3 is 5.97 Å². The largest absolute Gasteiger partial charge is 0.480 e. The van der Waals surface area contributed by atoms with E-state index in [0.717, 1.165) is 0 Å². The summed E-state index contributed by atoms with van der Waals surface area (Å²) in [7, 11) is 0. The molecule has 0 spiro atoms. The van der Waals surface area contributed by atoms with Gasteiger partial charge in [-0.3, -0.25) is 4.79 Å². The zero-order valence-corrected chi connectivity index (χ0v) is 6.41. The average Bonchev–Trinajstić information content (AvgIpc) is 2.07. The number of carbonyl (C=O) groups is 2. The number of nitrogens with one attached hydrogen (secondary N) is 1. The lowest BCUT2D eigenvalue weighted by molar-refractivity contribution is -0.165. The van der Waals surface area contributed by atoms with Gasteiger partial charge in [0.2, 0.25) is 0 Å². The highest BCUT2D eigenvalue weighted by molar-refractivity contribution is 5.88. The highest BCUT2D eigenvalue weighted by Crippen LogP contribution is 2.11. The lowest BCUT2D eigenvalue weighted by Gasteiger charge is -2.32. The van der Waals surface area contributed by atoms with Crippen LogP contribution >= 0.6 is 0 Å². The van der Waals surface area contributed by atoms with Crippen molar-refractivity contribution in [2.45, 2.75) is 24.4 Å². The second kappa shape index (κ2) is 3.29. The normalized spacial score (nSPS) is 39.8. The lowest BCUT2D eigenvalue weighted by Crippen LogP contribution is -2.65. The molecule has 1 rings (SSSR count). The van der Waals surface area contributed by atoms with Gasteiger partial charge in [-0.25, -0.2) is 4.79 Å². The van der Waals surface area contributed by atoms with Gasteiger partial charge < -0.3 is 25.7 Å². The third kappa shape index (κ3) is 1.62. The predicted molar refractivity (Wildman–Crippen MR) is 37.6 cm³/mol. The lowest BCUT2D eigenvalue weighted by atomic mass is 9.96. The van der Waals surface area contributed by atoms with Crippen LogP contribution in [0.5, 0.6) is 0 Å². The molecule has 0 unspecified atom stereocenters. The van der Waals surface area contributed by atoms with E-state index in [4.69, 9.17) is 20.4 Å². The van der Waals surface area contributed by atoms with Crippen molar-refractivity contribution in [2.75, 3.05) is 0 Å². The van der Waals surface area contributed by atoms with Crippen molar-refractivity contribution in [3.8, 4) is 0 Å². The molecule has 74 valence electrons. The molecule has 5 N–H and O–H groups in total. The molecule has 1 amide bonds. The third-order valence-corrected chi connectivity index (χ3v) is 1.85. The molecule has 1 aliphatic heterocycles. The van der Waals surface area contributed by atoms with Crippen molar-refractivity contribution in [1.82, 2.24) is 5.32 Å². The van der Waals surface area contributed by atoms with Crippen molar-refractivity contribution >= 4 is 11.9 Å². The number of amides is 1. The smallest absolute Gasteiger partial charge is 0.329 e. The third-order valence-electron chi connectivity index (χ3n) is 1.85. The van der Waals surface area contributed by atoms with E-state index in [1.165, 1.54) is 0 Å². The molecular weight excluding hydrogens is 182 g/mol. The van der Waals surface area contributed by atoms with Crippen molar-refractivity contribution < 1.29 is 30.0 Å². The summed E-state index contributed by atoms with van der Waals surface area (Å²) in [6.45, 7) is 0. The maximum atomic E-state index is 10.8. The number of hydrogen-bond acceptors (Lipinski definition) is 5. The number of aliphatic hydroxyl groups excluding tert-OH is 3. The minimum atomic E-state index is -1.79. The standard InChI is InChI=1S/C6H9NO6/c8-2-1(6(12)13)7-5(11)4(10)3(2)9/h1-4,8-10H,(H,7,11)(H,12,13)/t1-,2-,3+,4+/m1/s1. The molecule has 4 atom stereocenters. The van der Waals surface area contributed by atoms with E-state index >= 15 is 0 Å². The van der Waals surface area contributed by atoms with Crippen LogP contribution in [0.2, 0.25) is 0 Å². The second-order valence-corrected chi connectivity index (χ2v) is 2.75. The van der Waals surface area contributed by atoms with E-state index in [0.29, 0.717) is 0 Å². The molecular formula is C6H9NO6. The summed E-state index contributed by atoms with van der Waals surface area (Å²) < 4.78 is 0. The van der Waals surface area contributed by atoms with Gasteiger partial charge in [0.05, 0.1) is 0 Å². The molecule has 0 radical (unpaired) electrons. The highest BCUT2D eigenvalue weighted by Gasteiger charge is 2.44. The van der Waals surface area contributed by atoms with Crippen LogP contribution < -0.4 is 5.32 Å². The number of aliphatic carboxylic acids is 1. The first kappa shape index (κ1) is 9.90. The van der Waals surface area contributed by atoms with Gasteiger partial charge in [0.1, 0.15) is 12.2 Å². The molecule has 1 saturated heterocycles. The van der Waals surface area contributed by atoms with Crippen LogP contribution in [-0.2, 0) is 9.59 Å². The fraction of sp³-hybridized carbons (Fsp3) is 0.667. The van der Waals surface area contributed by atoms with Crippen molar-refractivity contribution in [2.24, 2.45) is 0 Å². The molecule has 7 nitrogen and oxygen atoms in total. The number of rotatable bonds is 1. The number of aliphatic hydroxyl groups is 3. The van der Waals surface area contributed by atoms with Gasteiger partial charge in [-0.1, -0.05) is 0 Å². The fourth-order valence-corrected chi connectivity index (χ4v) is 1.07. The Morgan fingerprint density at radius 3 is 2.23 bits per heavy atom. The summed E-state index contributed by atoms with van der Waals surface area (Å²) in [6.07, 6.45) is -5.26. The monoisotopic (exact) mass is 191 g/mol. The summed E-state index contributed by atoms with van der Waals surface area (Å²) in [4.78, 5) is 21.2. The zero-order chi connectivity index (χ0) is 10.2. The number of piperidine rings is 1. The Balaban J connectivity index is 2.82. The van der Waals surface area contributed by atoms with Gasteiger partial charge in [0, 0.05) is 0 Å². The molecule has 1 aliphatic rings. The molecule has 1 fully saturated rings. The number of carboxylic acids is 1. The maximum Gasteiger partial charge on any atom is 0.329 e. The fourth-order valence-electron chi connectivity index (χ4n) is 1.07. The van der Waals surface area contributed by atoms with Crippen molar-refractivity contribution in [3.63, 3.8) is 0 Å². The van der Waals surface area contributed by atoms with Gasteiger partial charge in [-0.15, -0.1) is 0 Å². The molecule has 0 aromatic carbocycles. The topological polar surface area (TPSA) is 127 Å². The van der Waals surface area contributed by atoms with Crippen molar-refractivity contribution in [1.29, 1.82) is 0 Å². The Morgan fingerprint density at radius 2 is 1.77 bits per heavy atom. The Labute approximate surface area is 72.6 Å². The Kier molecular flexibility index (Phi) is 2.50. The molecule has 0 aromatic heterocycles. The summed E-state index contributed by atoms with van der Waals surface area (Å²) in [6, 6.07) is -1.58. The van der Waals surface area contributed by atoms with Gasteiger partial charge in [0.15, 0.2) is 12.1 Å². The molecule has 0 aromatic rings. The molecule has 13 heavy (non-hydrogen) atoms. The minimum absolute atomic E-state index is 1.01. The van der Waals surface area contributed by atoms with Crippen LogP contribution in [0.1, 0.15) is 0 Å².